The molecule has 140 valence electrons. The van der Waals surface area contributed by atoms with Gasteiger partial charge >= 0.3 is 0 Å². The van der Waals surface area contributed by atoms with Crippen LogP contribution < -0.4 is 0 Å². The Morgan fingerprint density at radius 1 is 1.42 bits per heavy atom. The third-order valence-electron chi connectivity index (χ3n) is 4.43. The fourth-order valence-corrected chi connectivity index (χ4v) is 4.20. The minimum atomic E-state index is -0.833. The van der Waals surface area contributed by atoms with Gasteiger partial charge in [0.2, 0.25) is 0 Å². The molecule has 3 aromatic heterocycles. The van der Waals surface area contributed by atoms with Crippen molar-refractivity contribution in [2.24, 2.45) is 0 Å². The van der Waals surface area contributed by atoms with E-state index in [0.29, 0.717) is 6.61 Å². The Hall–Kier alpha value is -2.03. The van der Waals surface area contributed by atoms with Crippen molar-refractivity contribution in [3.63, 3.8) is 0 Å². The van der Waals surface area contributed by atoms with Gasteiger partial charge in [-0.1, -0.05) is 6.92 Å². The van der Waals surface area contributed by atoms with Gasteiger partial charge in [-0.3, -0.25) is 9.78 Å². The summed E-state index contributed by atoms with van der Waals surface area (Å²) in [5, 5.41) is 18.7. The maximum Gasteiger partial charge on any atom is 0.300 e. The lowest BCUT2D eigenvalue weighted by molar-refractivity contribution is -0.134. The number of ether oxygens (including phenoxy) is 1. The van der Waals surface area contributed by atoms with Gasteiger partial charge in [-0.2, -0.15) is 0 Å². The Labute approximate surface area is 155 Å². The van der Waals surface area contributed by atoms with Crippen LogP contribution in [0.15, 0.2) is 17.6 Å². The first-order valence-electron chi connectivity index (χ1n) is 8.70. The SMILES string of the molecule is CC(=O)O.CCc1nc2cnc3ccsc3c2n1[C@H]1CC[C@H](CO)OC1. The molecule has 0 aliphatic carbocycles. The van der Waals surface area contributed by atoms with Crippen molar-refractivity contribution in [1.82, 2.24) is 14.5 Å². The average molecular weight is 377 g/mol. The molecule has 0 amide bonds. The normalized spacial score (nSPS) is 20.1. The zero-order valence-electron chi connectivity index (χ0n) is 14.9. The number of hydrogen-bond acceptors (Lipinski definition) is 6. The molecule has 1 fully saturated rings. The Bertz CT molecular complexity index is 892. The minimum absolute atomic E-state index is 0.0143. The summed E-state index contributed by atoms with van der Waals surface area (Å²) in [5.41, 5.74) is 3.19. The molecule has 0 spiro atoms. The molecule has 1 aliphatic heterocycles. The smallest absolute Gasteiger partial charge is 0.300 e. The summed E-state index contributed by atoms with van der Waals surface area (Å²) < 4.78 is 9.35. The second-order valence-electron chi connectivity index (χ2n) is 6.27. The number of carbonyl (C=O) groups is 1. The lowest BCUT2D eigenvalue weighted by Gasteiger charge is -2.30. The maximum absolute atomic E-state index is 9.24. The molecule has 7 nitrogen and oxygen atoms in total. The van der Waals surface area contributed by atoms with Crippen LogP contribution in [0.2, 0.25) is 0 Å². The van der Waals surface area contributed by atoms with Crippen LogP contribution >= 0.6 is 11.3 Å². The number of hydrogen-bond donors (Lipinski definition) is 2. The number of aliphatic carboxylic acids is 1. The Balaban J connectivity index is 0.000000447. The number of thiophene rings is 1. The predicted octanol–water partition coefficient (Wildman–Crippen LogP) is 3.01. The molecule has 3 aromatic rings. The molecule has 0 radical (unpaired) electrons. The van der Waals surface area contributed by atoms with Crippen molar-refractivity contribution in [3.8, 4) is 0 Å². The number of rotatable bonds is 3. The third-order valence-corrected chi connectivity index (χ3v) is 5.34. The van der Waals surface area contributed by atoms with Crippen LogP contribution in [0.4, 0.5) is 0 Å². The highest BCUT2D eigenvalue weighted by Gasteiger charge is 2.26. The summed E-state index contributed by atoms with van der Waals surface area (Å²) in [4.78, 5) is 18.3. The molecule has 8 heteroatoms. The monoisotopic (exact) mass is 377 g/mol. The van der Waals surface area contributed by atoms with Crippen LogP contribution in [0.25, 0.3) is 21.3 Å². The number of aliphatic hydroxyl groups is 1. The summed E-state index contributed by atoms with van der Waals surface area (Å²) in [7, 11) is 0. The van der Waals surface area contributed by atoms with E-state index in [9.17, 15) is 5.11 Å². The van der Waals surface area contributed by atoms with E-state index < -0.39 is 5.97 Å². The summed E-state index contributed by atoms with van der Waals surface area (Å²) in [6.45, 7) is 3.97. The summed E-state index contributed by atoms with van der Waals surface area (Å²) in [5.74, 6) is 0.258. The van der Waals surface area contributed by atoms with E-state index >= 15 is 0 Å². The van der Waals surface area contributed by atoms with Crippen LogP contribution in [-0.2, 0) is 16.0 Å². The van der Waals surface area contributed by atoms with Gasteiger partial charge in [-0.05, 0) is 24.3 Å². The second kappa shape index (κ2) is 8.11. The molecule has 0 bridgehead atoms. The Morgan fingerprint density at radius 3 is 2.81 bits per heavy atom. The summed E-state index contributed by atoms with van der Waals surface area (Å²) in [6, 6.07) is 2.34. The second-order valence-corrected chi connectivity index (χ2v) is 7.18. The van der Waals surface area contributed by atoms with Crippen molar-refractivity contribution in [2.45, 2.75) is 45.3 Å². The van der Waals surface area contributed by atoms with Crippen LogP contribution in [-0.4, -0.2) is 50.0 Å². The van der Waals surface area contributed by atoms with Gasteiger partial charge in [0, 0.05) is 13.3 Å². The van der Waals surface area contributed by atoms with Gasteiger partial charge in [-0.25, -0.2) is 4.98 Å². The number of aromatic nitrogens is 3. The molecule has 1 aliphatic rings. The number of carboxylic acid groups (broad SMARTS) is 1. The van der Waals surface area contributed by atoms with Gasteiger partial charge in [0.15, 0.2) is 0 Å². The Kier molecular flexibility index (Phi) is 5.85. The zero-order chi connectivity index (χ0) is 18.7. The lowest BCUT2D eigenvalue weighted by Crippen LogP contribution is -2.30. The van der Waals surface area contributed by atoms with Crippen molar-refractivity contribution >= 4 is 38.6 Å². The predicted molar refractivity (Wildman–Crippen MR) is 101 cm³/mol. The zero-order valence-corrected chi connectivity index (χ0v) is 15.7. The topological polar surface area (TPSA) is 97.5 Å². The molecule has 0 saturated carbocycles. The fraction of sp³-hybridized carbons (Fsp3) is 0.500. The molecule has 4 rings (SSSR count). The molecule has 4 heterocycles. The first-order valence-corrected chi connectivity index (χ1v) is 9.58. The number of nitrogens with zero attached hydrogens (tertiary/aromatic N) is 3. The highest BCUT2D eigenvalue weighted by atomic mass is 32.1. The van der Waals surface area contributed by atoms with E-state index in [-0.39, 0.29) is 18.8 Å². The van der Waals surface area contributed by atoms with E-state index in [1.807, 2.05) is 6.20 Å². The first-order chi connectivity index (χ1) is 12.5. The first kappa shape index (κ1) is 18.8. The largest absolute Gasteiger partial charge is 0.481 e. The minimum Gasteiger partial charge on any atom is -0.481 e. The molecule has 2 atom stereocenters. The maximum atomic E-state index is 9.24. The highest BCUT2D eigenvalue weighted by Crippen LogP contribution is 2.34. The quantitative estimate of drug-likeness (QED) is 0.728. The summed E-state index contributed by atoms with van der Waals surface area (Å²) in [6.07, 6.45) is 4.66. The van der Waals surface area contributed by atoms with Gasteiger partial charge < -0.3 is 19.5 Å². The van der Waals surface area contributed by atoms with Gasteiger partial charge in [0.1, 0.15) is 11.3 Å². The number of imidazole rings is 1. The van der Waals surface area contributed by atoms with E-state index in [0.717, 1.165) is 43.0 Å². The third kappa shape index (κ3) is 3.72. The van der Waals surface area contributed by atoms with Crippen LogP contribution in [0.5, 0.6) is 0 Å². The van der Waals surface area contributed by atoms with Gasteiger partial charge in [0.05, 0.1) is 47.3 Å². The van der Waals surface area contributed by atoms with E-state index in [1.54, 1.807) is 11.3 Å². The molecule has 26 heavy (non-hydrogen) atoms. The Morgan fingerprint density at radius 2 is 2.19 bits per heavy atom. The molecular weight excluding hydrogens is 354 g/mol. The highest BCUT2D eigenvalue weighted by molar-refractivity contribution is 7.18. The summed E-state index contributed by atoms with van der Waals surface area (Å²) >= 11 is 1.72. The molecule has 1 saturated heterocycles. The van der Waals surface area contributed by atoms with Crippen molar-refractivity contribution < 1.29 is 19.7 Å². The van der Waals surface area contributed by atoms with Gasteiger partial charge in [-0.15, -0.1) is 11.3 Å². The van der Waals surface area contributed by atoms with E-state index in [4.69, 9.17) is 19.6 Å². The number of carboxylic acids is 1. The van der Waals surface area contributed by atoms with Crippen LogP contribution in [0, 0.1) is 0 Å². The fourth-order valence-electron chi connectivity index (χ4n) is 3.31. The molecule has 2 N–H and O–H groups in total. The molecule has 0 unspecified atom stereocenters. The number of aliphatic hydroxyl groups excluding tert-OH is 1. The van der Waals surface area contributed by atoms with Crippen molar-refractivity contribution in [2.75, 3.05) is 13.2 Å². The van der Waals surface area contributed by atoms with Crippen LogP contribution in [0.1, 0.15) is 38.6 Å². The standard InChI is InChI=1S/C16H19N3O2S.C2H4O2/c1-2-14-18-13-7-17-12-5-6-22-16(12)15(13)19(14)10-3-4-11(8-20)21-9-10;1-2(3)4/h5-7,10-11,20H,2-4,8-9H2,1H3;1H3,(H,3,4)/t10-,11+;/m0./s1. The van der Waals surface area contributed by atoms with Crippen molar-refractivity contribution in [3.05, 3.63) is 23.5 Å². The van der Waals surface area contributed by atoms with Crippen molar-refractivity contribution in [1.29, 1.82) is 0 Å². The number of pyridine rings is 1. The van der Waals surface area contributed by atoms with Crippen LogP contribution in [0.3, 0.4) is 0 Å². The van der Waals surface area contributed by atoms with E-state index in [2.05, 4.69) is 27.9 Å². The number of fused-ring (bicyclic) bond motifs is 3. The lowest BCUT2D eigenvalue weighted by atomic mass is 10.0. The van der Waals surface area contributed by atoms with Gasteiger partial charge in [0.25, 0.3) is 5.97 Å². The average Bonchev–Trinajstić information content (AvgIpc) is 3.24. The number of aryl methyl sites for hydroxylation is 1. The van der Waals surface area contributed by atoms with E-state index in [1.165, 1.54) is 10.2 Å². The molecular formula is C18H23N3O4S. The molecule has 0 aromatic carbocycles.